The number of hydrogen-bond acceptors (Lipinski definition) is 5. The summed E-state index contributed by atoms with van der Waals surface area (Å²) in [6.45, 7) is 6.14. The van der Waals surface area contributed by atoms with Gasteiger partial charge < -0.3 is 10.1 Å². The van der Waals surface area contributed by atoms with E-state index in [0.29, 0.717) is 18.2 Å². The van der Waals surface area contributed by atoms with Gasteiger partial charge >= 0.3 is 12.0 Å². The van der Waals surface area contributed by atoms with Crippen LogP contribution in [0.15, 0.2) is 29.2 Å². The molecule has 138 valence electrons. The molecule has 25 heavy (non-hydrogen) atoms. The van der Waals surface area contributed by atoms with Crippen molar-refractivity contribution in [2.24, 2.45) is 5.92 Å². The molecule has 0 aliphatic carbocycles. The fourth-order valence-electron chi connectivity index (χ4n) is 1.79. The molecule has 1 rings (SSSR count). The second-order valence-electron chi connectivity index (χ2n) is 6.06. The summed E-state index contributed by atoms with van der Waals surface area (Å²) >= 11 is 1.55. The number of nitrogens with one attached hydrogen (secondary N) is 2. The van der Waals surface area contributed by atoms with Gasteiger partial charge in [0, 0.05) is 17.2 Å². The molecule has 0 atom stereocenters. The third-order valence-electron chi connectivity index (χ3n) is 3.22. The molecule has 1 aromatic carbocycles. The first kappa shape index (κ1) is 21.0. The normalized spacial score (nSPS) is 10.4. The number of hydrogen-bond donors (Lipinski definition) is 2. The quantitative estimate of drug-likeness (QED) is 0.518. The molecule has 0 bridgehead atoms. The van der Waals surface area contributed by atoms with Gasteiger partial charge in [-0.25, -0.2) is 4.79 Å². The largest absolute Gasteiger partial charge is 0.456 e. The lowest BCUT2D eigenvalue weighted by atomic mass is 10.1. The van der Waals surface area contributed by atoms with Crippen LogP contribution in [0.4, 0.5) is 4.79 Å². The van der Waals surface area contributed by atoms with Crippen molar-refractivity contribution in [3.63, 3.8) is 0 Å². The van der Waals surface area contributed by atoms with Gasteiger partial charge in [0.1, 0.15) is 0 Å². The minimum Gasteiger partial charge on any atom is -0.456 e. The Labute approximate surface area is 153 Å². The molecule has 0 heterocycles. The molecule has 0 saturated heterocycles. The summed E-state index contributed by atoms with van der Waals surface area (Å²) in [4.78, 5) is 35.7. The number of ether oxygens (including phenoxy) is 1. The molecule has 0 aromatic heterocycles. The van der Waals surface area contributed by atoms with E-state index in [1.54, 1.807) is 11.8 Å². The molecular weight excluding hydrogens is 340 g/mol. The van der Waals surface area contributed by atoms with E-state index in [-0.39, 0.29) is 6.42 Å². The molecule has 7 heteroatoms. The molecule has 0 radical (unpaired) electrons. The van der Waals surface area contributed by atoms with Gasteiger partial charge in [0.15, 0.2) is 6.61 Å². The third-order valence-corrected chi connectivity index (χ3v) is 4.23. The van der Waals surface area contributed by atoms with Crippen LogP contribution >= 0.6 is 11.8 Å². The lowest BCUT2D eigenvalue weighted by molar-refractivity contribution is -0.147. The van der Waals surface area contributed by atoms with Gasteiger partial charge in [0.2, 0.25) is 0 Å². The van der Waals surface area contributed by atoms with Crippen LogP contribution in [0.5, 0.6) is 0 Å². The summed E-state index contributed by atoms with van der Waals surface area (Å²) in [6, 6.07) is 7.44. The molecule has 0 aliphatic rings. The average Bonchev–Trinajstić information content (AvgIpc) is 2.54. The van der Waals surface area contributed by atoms with Gasteiger partial charge in [0.25, 0.3) is 5.91 Å². The van der Waals surface area contributed by atoms with Crippen LogP contribution in [0.3, 0.4) is 0 Å². The zero-order chi connectivity index (χ0) is 18.7. The van der Waals surface area contributed by atoms with Crippen LogP contribution in [-0.2, 0) is 14.3 Å². The van der Waals surface area contributed by atoms with Crippen LogP contribution in [0.25, 0.3) is 0 Å². The Balaban J connectivity index is 2.13. The van der Waals surface area contributed by atoms with E-state index in [2.05, 4.69) is 10.6 Å². The number of amides is 3. The van der Waals surface area contributed by atoms with Crippen molar-refractivity contribution in [2.45, 2.75) is 38.5 Å². The third kappa shape index (κ3) is 10.4. The summed E-state index contributed by atoms with van der Waals surface area (Å²) in [5.74, 6) is -0.0644. The summed E-state index contributed by atoms with van der Waals surface area (Å²) < 4.78 is 4.86. The Morgan fingerprint density at radius 3 is 2.48 bits per heavy atom. The van der Waals surface area contributed by atoms with Crippen molar-refractivity contribution in [1.29, 1.82) is 0 Å². The highest BCUT2D eigenvalue weighted by Gasteiger charge is 2.11. The number of rotatable bonds is 9. The molecule has 0 spiro atoms. The topological polar surface area (TPSA) is 84.5 Å². The van der Waals surface area contributed by atoms with Gasteiger partial charge in [-0.3, -0.25) is 14.9 Å². The Morgan fingerprint density at radius 1 is 1.16 bits per heavy atom. The van der Waals surface area contributed by atoms with Crippen LogP contribution in [0, 0.1) is 12.8 Å². The van der Waals surface area contributed by atoms with E-state index in [0.717, 1.165) is 11.3 Å². The standard InChI is InChI=1S/C18H26N2O4S/c1-13(2)8-10-19-18(23)20-16(21)12-24-17(22)9-11-25-15-6-4-14(3)5-7-15/h4-7,13H,8-12H2,1-3H3,(H2,19,20,21,23). The summed E-state index contributed by atoms with van der Waals surface area (Å²) in [6.07, 6.45) is 1.03. The van der Waals surface area contributed by atoms with E-state index < -0.39 is 24.5 Å². The molecule has 0 unspecified atom stereocenters. The highest BCUT2D eigenvalue weighted by Crippen LogP contribution is 2.19. The molecule has 0 fully saturated rings. The number of carbonyl (C=O) groups excluding carboxylic acids is 3. The fourth-order valence-corrected chi connectivity index (χ4v) is 2.62. The van der Waals surface area contributed by atoms with Gasteiger partial charge in [-0.15, -0.1) is 11.8 Å². The predicted octanol–water partition coefficient (Wildman–Crippen LogP) is 2.89. The van der Waals surface area contributed by atoms with Crippen molar-refractivity contribution in [1.82, 2.24) is 10.6 Å². The van der Waals surface area contributed by atoms with Crippen LogP contribution in [0.2, 0.25) is 0 Å². The molecule has 0 saturated carbocycles. The monoisotopic (exact) mass is 366 g/mol. The van der Waals surface area contributed by atoms with E-state index >= 15 is 0 Å². The number of benzene rings is 1. The Bertz CT molecular complexity index is 573. The van der Waals surface area contributed by atoms with Gasteiger partial charge in [-0.2, -0.15) is 0 Å². The maximum atomic E-state index is 11.6. The molecule has 0 aliphatic heterocycles. The number of urea groups is 1. The van der Waals surface area contributed by atoms with Crippen molar-refractivity contribution in [2.75, 3.05) is 18.9 Å². The van der Waals surface area contributed by atoms with Gasteiger partial charge in [-0.05, 0) is 31.4 Å². The molecular formula is C18H26N2O4S. The van der Waals surface area contributed by atoms with Crippen molar-refractivity contribution < 1.29 is 19.1 Å². The second kappa shape index (κ2) is 11.5. The number of esters is 1. The van der Waals surface area contributed by atoms with Crippen LogP contribution in [0.1, 0.15) is 32.3 Å². The number of thioether (sulfide) groups is 1. The van der Waals surface area contributed by atoms with Gasteiger partial charge in [-0.1, -0.05) is 31.5 Å². The zero-order valence-corrected chi connectivity index (χ0v) is 15.8. The average molecular weight is 366 g/mol. The predicted molar refractivity (Wildman–Crippen MR) is 98.5 cm³/mol. The minimum atomic E-state index is -0.637. The first-order chi connectivity index (χ1) is 11.9. The summed E-state index contributed by atoms with van der Waals surface area (Å²) in [5.41, 5.74) is 1.18. The van der Waals surface area contributed by atoms with Crippen molar-refractivity contribution in [3.8, 4) is 0 Å². The highest BCUT2D eigenvalue weighted by molar-refractivity contribution is 7.99. The van der Waals surface area contributed by atoms with E-state index in [1.165, 1.54) is 5.56 Å². The smallest absolute Gasteiger partial charge is 0.321 e. The SMILES string of the molecule is Cc1ccc(SCCC(=O)OCC(=O)NC(=O)NCCC(C)C)cc1. The zero-order valence-electron chi connectivity index (χ0n) is 15.0. The summed E-state index contributed by atoms with van der Waals surface area (Å²) in [7, 11) is 0. The number of aryl methyl sites for hydroxylation is 1. The fraction of sp³-hybridized carbons (Fsp3) is 0.500. The van der Waals surface area contributed by atoms with Crippen LogP contribution in [-0.4, -0.2) is 36.8 Å². The highest BCUT2D eigenvalue weighted by atomic mass is 32.2. The molecule has 2 N–H and O–H groups in total. The number of imide groups is 1. The maximum Gasteiger partial charge on any atom is 0.321 e. The Kier molecular flexibility index (Phi) is 9.69. The summed E-state index contributed by atoms with van der Waals surface area (Å²) in [5, 5.41) is 4.70. The van der Waals surface area contributed by atoms with E-state index in [1.807, 2.05) is 45.0 Å². The molecule has 1 aromatic rings. The lowest BCUT2D eigenvalue weighted by Crippen LogP contribution is -2.42. The maximum absolute atomic E-state index is 11.6. The first-order valence-electron chi connectivity index (χ1n) is 8.29. The minimum absolute atomic E-state index is 0.201. The molecule has 3 amide bonds. The van der Waals surface area contributed by atoms with Gasteiger partial charge in [0.05, 0.1) is 6.42 Å². The van der Waals surface area contributed by atoms with E-state index in [9.17, 15) is 14.4 Å². The van der Waals surface area contributed by atoms with Crippen molar-refractivity contribution in [3.05, 3.63) is 29.8 Å². The Hall–Kier alpha value is -2.02. The first-order valence-corrected chi connectivity index (χ1v) is 9.28. The lowest BCUT2D eigenvalue weighted by Gasteiger charge is -2.08. The Morgan fingerprint density at radius 2 is 1.84 bits per heavy atom. The second-order valence-corrected chi connectivity index (χ2v) is 7.23. The van der Waals surface area contributed by atoms with E-state index in [4.69, 9.17) is 4.74 Å². The van der Waals surface area contributed by atoms with Crippen LogP contribution < -0.4 is 10.6 Å². The number of carbonyl (C=O) groups is 3. The van der Waals surface area contributed by atoms with Crippen molar-refractivity contribution >= 4 is 29.7 Å². The molecule has 6 nitrogen and oxygen atoms in total.